The third-order valence-corrected chi connectivity index (χ3v) is 5.27. The Labute approximate surface area is 134 Å². The molecule has 0 saturated heterocycles. The Morgan fingerprint density at radius 3 is 2.76 bits per heavy atom. The lowest BCUT2D eigenvalue weighted by molar-refractivity contribution is 0.223. The molecule has 4 heteroatoms. The van der Waals surface area contributed by atoms with Crippen molar-refractivity contribution < 1.29 is 8.78 Å². The molecule has 1 saturated carbocycles. The normalized spacial score (nSPS) is 24.0. The maximum absolute atomic E-state index is 13.9. The molecule has 1 aromatic carbocycles. The van der Waals surface area contributed by atoms with Gasteiger partial charge in [-0.15, -0.1) is 0 Å². The first kappa shape index (κ1) is 16.9. The molecule has 0 aliphatic heterocycles. The SMILES string of the molecule is CCCNC(c1ccc(F)c(F)c1Br)C1CCCC(C)C1. The second-order valence-corrected chi connectivity index (χ2v) is 7.02. The number of nitrogens with one attached hydrogen (secondary N) is 1. The fraction of sp³-hybridized carbons (Fsp3) is 0.647. The Bertz CT molecular complexity index is 478. The van der Waals surface area contributed by atoms with Gasteiger partial charge in [-0.05, 0) is 65.2 Å². The van der Waals surface area contributed by atoms with Gasteiger partial charge in [-0.1, -0.05) is 32.8 Å². The lowest BCUT2D eigenvalue weighted by atomic mass is 9.76. The summed E-state index contributed by atoms with van der Waals surface area (Å²) in [5, 5.41) is 3.54. The zero-order chi connectivity index (χ0) is 15.4. The Morgan fingerprint density at radius 1 is 1.33 bits per heavy atom. The van der Waals surface area contributed by atoms with E-state index in [1.807, 2.05) is 0 Å². The van der Waals surface area contributed by atoms with Crippen LogP contribution in [0.5, 0.6) is 0 Å². The minimum atomic E-state index is -0.795. The van der Waals surface area contributed by atoms with Gasteiger partial charge in [0.05, 0.1) is 4.47 Å². The van der Waals surface area contributed by atoms with Crippen LogP contribution in [0, 0.1) is 23.5 Å². The van der Waals surface area contributed by atoms with E-state index in [0.29, 0.717) is 11.8 Å². The summed E-state index contributed by atoms with van der Waals surface area (Å²) in [5.74, 6) is -0.378. The zero-order valence-electron chi connectivity index (χ0n) is 12.8. The first-order valence-corrected chi connectivity index (χ1v) is 8.70. The van der Waals surface area contributed by atoms with E-state index in [0.717, 1.165) is 31.4 Å². The van der Waals surface area contributed by atoms with Gasteiger partial charge in [-0.3, -0.25) is 0 Å². The number of rotatable bonds is 5. The zero-order valence-corrected chi connectivity index (χ0v) is 14.3. The van der Waals surface area contributed by atoms with Gasteiger partial charge >= 0.3 is 0 Å². The topological polar surface area (TPSA) is 12.0 Å². The van der Waals surface area contributed by atoms with E-state index in [4.69, 9.17) is 0 Å². The first-order chi connectivity index (χ1) is 10.0. The molecule has 1 N–H and O–H groups in total. The summed E-state index contributed by atoms with van der Waals surface area (Å²) in [6, 6.07) is 3.05. The van der Waals surface area contributed by atoms with Crippen molar-refractivity contribution in [2.24, 2.45) is 11.8 Å². The maximum Gasteiger partial charge on any atom is 0.173 e. The van der Waals surface area contributed by atoms with Crippen molar-refractivity contribution in [2.45, 2.75) is 52.0 Å². The van der Waals surface area contributed by atoms with E-state index < -0.39 is 11.6 Å². The molecule has 1 fully saturated rings. The van der Waals surface area contributed by atoms with Crippen molar-refractivity contribution in [1.82, 2.24) is 5.32 Å². The minimum absolute atomic E-state index is 0.0946. The molecule has 0 bridgehead atoms. The van der Waals surface area contributed by atoms with Crippen molar-refractivity contribution in [3.63, 3.8) is 0 Å². The standard InChI is InChI=1S/C17H24BrF2N/c1-3-9-21-17(12-6-4-5-11(2)10-12)13-7-8-14(19)16(20)15(13)18/h7-8,11-12,17,21H,3-6,9-10H2,1-2H3. The van der Waals surface area contributed by atoms with Gasteiger partial charge in [0.25, 0.3) is 0 Å². The Hall–Kier alpha value is -0.480. The molecule has 1 aliphatic carbocycles. The average molecular weight is 360 g/mol. The molecule has 0 heterocycles. The summed E-state index contributed by atoms with van der Waals surface area (Å²) in [7, 11) is 0. The Morgan fingerprint density at radius 2 is 2.10 bits per heavy atom. The Balaban J connectivity index is 2.29. The van der Waals surface area contributed by atoms with Gasteiger partial charge in [-0.25, -0.2) is 8.78 Å². The molecule has 2 rings (SSSR count). The van der Waals surface area contributed by atoms with Crippen LogP contribution in [0.15, 0.2) is 16.6 Å². The summed E-state index contributed by atoms with van der Waals surface area (Å²) in [4.78, 5) is 0. The number of benzene rings is 1. The van der Waals surface area contributed by atoms with Crippen LogP contribution in [0.2, 0.25) is 0 Å². The van der Waals surface area contributed by atoms with Crippen LogP contribution < -0.4 is 5.32 Å². The molecule has 1 aromatic rings. The fourth-order valence-electron chi connectivity index (χ4n) is 3.40. The van der Waals surface area contributed by atoms with E-state index in [1.165, 1.54) is 18.9 Å². The second kappa shape index (κ2) is 7.68. The number of halogens is 3. The number of hydrogen-bond donors (Lipinski definition) is 1. The van der Waals surface area contributed by atoms with Crippen LogP contribution in [0.3, 0.4) is 0 Å². The molecule has 1 aliphatic rings. The maximum atomic E-state index is 13.9. The molecule has 1 nitrogen and oxygen atoms in total. The molecule has 21 heavy (non-hydrogen) atoms. The van der Waals surface area contributed by atoms with E-state index in [9.17, 15) is 8.78 Å². The predicted molar refractivity (Wildman–Crippen MR) is 86.2 cm³/mol. The highest BCUT2D eigenvalue weighted by Crippen LogP contribution is 2.40. The van der Waals surface area contributed by atoms with E-state index in [2.05, 4.69) is 35.1 Å². The monoisotopic (exact) mass is 359 g/mol. The minimum Gasteiger partial charge on any atom is -0.310 e. The average Bonchev–Trinajstić information content (AvgIpc) is 2.47. The summed E-state index contributed by atoms with van der Waals surface area (Å²) >= 11 is 3.25. The van der Waals surface area contributed by atoms with Crippen LogP contribution in [0.1, 0.15) is 57.6 Å². The third kappa shape index (κ3) is 4.04. The van der Waals surface area contributed by atoms with Crippen LogP contribution in [0.25, 0.3) is 0 Å². The quantitative estimate of drug-likeness (QED) is 0.675. The molecule has 0 aromatic heterocycles. The van der Waals surface area contributed by atoms with Crippen molar-refractivity contribution in [2.75, 3.05) is 6.54 Å². The van der Waals surface area contributed by atoms with E-state index in [1.54, 1.807) is 6.07 Å². The summed E-state index contributed by atoms with van der Waals surface area (Å²) in [6.07, 6.45) is 5.82. The van der Waals surface area contributed by atoms with E-state index in [-0.39, 0.29) is 10.5 Å². The third-order valence-electron chi connectivity index (χ3n) is 4.46. The van der Waals surface area contributed by atoms with E-state index >= 15 is 0 Å². The fourth-order valence-corrected chi connectivity index (χ4v) is 3.96. The summed E-state index contributed by atoms with van der Waals surface area (Å²) in [6.45, 7) is 5.29. The number of hydrogen-bond acceptors (Lipinski definition) is 1. The highest BCUT2D eigenvalue weighted by Gasteiger charge is 2.29. The molecule has 3 unspecified atom stereocenters. The highest BCUT2D eigenvalue weighted by atomic mass is 79.9. The van der Waals surface area contributed by atoms with Crippen molar-refractivity contribution in [1.29, 1.82) is 0 Å². The smallest absolute Gasteiger partial charge is 0.173 e. The molecule has 0 radical (unpaired) electrons. The largest absolute Gasteiger partial charge is 0.310 e. The predicted octanol–water partition coefficient (Wildman–Crippen LogP) is 5.59. The molecule has 118 valence electrons. The van der Waals surface area contributed by atoms with Gasteiger partial charge in [0.15, 0.2) is 11.6 Å². The summed E-state index contributed by atoms with van der Waals surface area (Å²) in [5.41, 5.74) is 0.849. The lowest BCUT2D eigenvalue weighted by Gasteiger charge is -2.34. The molecular formula is C17H24BrF2N. The van der Waals surface area contributed by atoms with Gasteiger partial charge in [0.1, 0.15) is 0 Å². The highest BCUT2D eigenvalue weighted by molar-refractivity contribution is 9.10. The van der Waals surface area contributed by atoms with Gasteiger partial charge in [0.2, 0.25) is 0 Å². The molecule has 0 amide bonds. The first-order valence-electron chi connectivity index (χ1n) is 7.91. The van der Waals surface area contributed by atoms with Gasteiger partial charge in [-0.2, -0.15) is 0 Å². The summed E-state index contributed by atoms with van der Waals surface area (Å²) < 4.78 is 27.5. The molecule has 3 atom stereocenters. The Kier molecular flexibility index (Phi) is 6.18. The lowest BCUT2D eigenvalue weighted by Crippen LogP contribution is -2.32. The van der Waals surface area contributed by atoms with Crippen LogP contribution in [0.4, 0.5) is 8.78 Å². The van der Waals surface area contributed by atoms with Crippen molar-refractivity contribution in [3.05, 3.63) is 33.8 Å². The van der Waals surface area contributed by atoms with Crippen molar-refractivity contribution >= 4 is 15.9 Å². The van der Waals surface area contributed by atoms with Gasteiger partial charge < -0.3 is 5.32 Å². The molecule has 0 spiro atoms. The van der Waals surface area contributed by atoms with Gasteiger partial charge in [0, 0.05) is 6.04 Å². The van der Waals surface area contributed by atoms with Crippen molar-refractivity contribution in [3.8, 4) is 0 Å². The van der Waals surface area contributed by atoms with Crippen LogP contribution >= 0.6 is 15.9 Å². The van der Waals surface area contributed by atoms with Crippen LogP contribution in [-0.4, -0.2) is 6.54 Å². The second-order valence-electron chi connectivity index (χ2n) is 6.23. The molecular weight excluding hydrogens is 336 g/mol. The van der Waals surface area contributed by atoms with Crippen LogP contribution in [-0.2, 0) is 0 Å².